The number of carbonyl (C=O) groups is 1. The molecule has 0 radical (unpaired) electrons. The molecule has 2 aromatic rings. The molecule has 0 aliphatic heterocycles. The molecular formula is C13H18OS. The number of benzene rings is 1. The van der Waals surface area contributed by atoms with Crippen molar-refractivity contribution in [3.63, 3.8) is 0 Å². The fourth-order valence-electron chi connectivity index (χ4n) is 1.06. The van der Waals surface area contributed by atoms with Gasteiger partial charge in [-0.2, -0.15) is 0 Å². The molecule has 0 amide bonds. The summed E-state index contributed by atoms with van der Waals surface area (Å²) in [6, 6.07) is 9.90. The van der Waals surface area contributed by atoms with Gasteiger partial charge in [-0.1, -0.05) is 45.9 Å². The van der Waals surface area contributed by atoms with Crippen LogP contribution in [0.4, 0.5) is 0 Å². The number of rotatable bonds is 1. The number of hydrogen-bond donors (Lipinski definition) is 0. The lowest BCUT2D eigenvalue weighted by Gasteiger charge is -1.82. The molecule has 0 aliphatic carbocycles. The smallest absolute Gasteiger partial charge is 0.160 e. The first kappa shape index (κ1) is 13.8. The maximum atomic E-state index is 10.4. The van der Waals surface area contributed by atoms with Gasteiger partial charge < -0.3 is 0 Å². The normalized spacial score (nSPS) is 8.27. The van der Waals surface area contributed by atoms with E-state index < -0.39 is 0 Å². The average Bonchev–Trinajstić information content (AvgIpc) is 2.77. The summed E-state index contributed by atoms with van der Waals surface area (Å²) in [6.45, 7) is 8.00. The Bertz CT molecular complexity index is 357. The van der Waals surface area contributed by atoms with Gasteiger partial charge in [0.05, 0.1) is 4.88 Å². The zero-order valence-corrected chi connectivity index (χ0v) is 10.6. The summed E-state index contributed by atoms with van der Waals surface area (Å²) >= 11 is 1.53. The lowest BCUT2D eigenvalue weighted by atomic mass is 10.2. The van der Waals surface area contributed by atoms with Gasteiger partial charge in [0.15, 0.2) is 6.29 Å². The van der Waals surface area contributed by atoms with Crippen molar-refractivity contribution in [1.29, 1.82) is 0 Å². The molecule has 2 rings (SSSR count). The van der Waals surface area contributed by atoms with Crippen LogP contribution in [0.1, 0.15) is 37.4 Å². The van der Waals surface area contributed by atoms with E-state index in [1.54, 1.807) is 0 Å². The summed E-state index contributed by atoms with van der Waals surface area (Å²) in [4.78, 5) is 11.2. The molecule has 1 aromatic heterocycles. The van der Waals surface area contributed by atoms with Crippen LogP contribution in [0.2, 0.25) is 0 Å². The SMILES string of the molecule is CC.CC.O=Cc1cc2ccccc2s1. The van der Waals surface area contributed by atoms with Crippen LogP contribution in [0, 0.1) is 0 Å². The first-order valence-electron chi connectivity index (χ1n) is 5.34. The first-order valence-corrected chi connectivity index (χ1v) is 6.15. The van der Waals surface area contributed by atoms with Gasteiger partial charge in [-0.3, -0.25) is 4.79 Å². The van der Waals surface area contributed by atoms with Crippen LogP contribution in [-0.4, -0.2) is 6.29 Å². The van der Waals surface area contributed by atoms with E-state index in [1.165, 1.54) is 16.0 Å². The molecule has 2 heteroatoms. The van der Waals surface area contributed by atoms with E-state index in [1.807, 2.05) is 58.0 Å². The molecule has 82 valence electrons. The minimum absolute atomic E-state index is 0.797. The second-order valence-electron chi connectivity index (χ2n) is 2.30. The van der Waals surface area contributed by atoms with Crippen LogP contribution in [0.25, 0.3) is 10.1 Å². The van der Waals surface area contributed by atoms with Gasteiger partial charge in [-0.25, -0.2) is 0 Å². The van der Waals surface area contributed by atoms with Gasteiger partial charge in [0.1, 0.15) is 0 Å². The zero-order valence-electron chi connectivity index (χ0n) is 9.78. The highest BCUT2D eigenvalue weighted by Gasteiger charge is 1.97. The Balaban J connectivity index is 0.000000442. The van der Waals surface area contributed by atoms with Gasteiger partial charge in [-0.05, 0) is 17.5 Å². The molecular weight excluding hydrogens is 204 g/mol. The van der Waals surface area contributed by atoms with Crippen molar-refractivity contribution in [3.05, 3.63) is 35.2 Å². The van der Waals surface area contributed by atoms with Gasteiger partial charge in [0.25, 0.3) is 0 Å². The molecule has 0 atom stereocenters. The average molecular weight is 222 g/mol. The number of carbonyl (C=O) groups excluding carboxylic acids is 1. The van der Waals surface area contributed by atoms with Crippen molar-refractivity contribution >= 4 is 27.7 Å². The largest absolute Gasteiger partial charge is 0.297 e. The molecule has 0 saturated heterocycles. The Hall–Kier alpha value is -1.15. The van der Waals surface area contributed by atoms with E-state index in [0.717, 1.165) is 16.5 Å². The molecule has 0 N–H and O–H groups in total. The summed E-state index contributed by atoms with van der Waals surface area (Å²) < 4.78 is 1.18. The monoisotopic (exact) mass is 222 g/mol. The van der Waals surface area contributed by atoms with E-state index in [2.05, 4.69) is 0 Å². The number of fused-ring (bicyclic) bond motifs is 1. The van der Waals surface area contributed by atoms with Crippen molar-refractivity contribution < 1.29 is 4.79 Å². The first-order chi connectivity index (χ1) is 7.40. The third kappa shape index (κ3) is 3.84. The Morgan fingerprint density at radius 2 is 1.67 bits per heavy atom. The van der Waals surface area contributed by atoms with Gasteiger partial charge in [-0.15, -0.1) is 11.3 Å². The van der Waals surface area contributed by atoms with E-state index in [0.29, 0.717) is 0 Å². The summed E-state index contributed by atoms with van der Waals surface area (Å²) in [6.07, 6.45) is 0.894. The Kier molecular flexibility index (Phi) is 7.56. The Morgan fingerprint density at radius 1 is 1.07 bits per heavy atom. The molecule has 0 saturated carbocycles. The number of aldehydes is 1. The predicted octanol–water partition coefficient (Wildman–Crippen LogP) is 4.77. The standard InChI is InChI=1S/C9H6OS.2C2H6/c10-6-8-5-7-3-1-2-4-9(7)11-8;2*1-2/h1-6H;2*1-2H3. The highest BCUT2D eigenvalue weighted by molar-refractivity contribution is 7.20. The highest BCUT2D eigenvalue weighted by Crippen LogP contribution is 2.23. The number of thiophene rings is 1. The third-order valence-electron chi connectivity index (χ3n) is 1.56. The lowest BCUT2D eigenvalue weighted by molar-refractivity contribution is 0.112. The van der Waals surface area contributed by atoms with Crippen molar-refractivity contribution in [1.82, 2.24) is 0 Å². The van der Waals surface area contributed by atoms with Gasteiger partial charge in [0, 0.05) is 4.70 Å². The molecule has 1 heterocycles. The Labute approximate surface area is 95.8 Å². The van der Waals surface area contributed by atoms with Crippen molar-refractivity contribution in [2.45, 2.75) is 27.7 Å². The van der Waals surface area contributed by atoms with Crippen LogP contribution in [0.3, 0.4) is 0 Å². The van der Waals surface area contributed by atoms with E-state index in [4.69, 9.17) is 0 Å². The molecule has 0 aliphatic rings. The summed E-state index contributed by atoms with van der Waals surface area (Å²) in [5.74, 6) is 0. The van der Waals surface area contributed by atoms with Crippen molar-refractivity contribution in [2.75, 3.05) is 0 Å². The highest BCUT2D eigenvalue weighted by atomic mass is 32.1. The molecule has 0 fully saturated rings. The van der Waals surface area contributed by atoms with E-state index in [-0.39, 0.29) is 0 Å². The minimum Gasteiger partial charge on any atom is -0.297 e. The quantitative estimate of drug-likeness (QED) is 0.635. The molecule has 15 heavy (non-hydrogen) atoms. The molecule has 1 aromatic carbocycles. The van der Waals surface area contributed by atoms with Crippen LogP contribution >= 0.6 is 11.3 Å². The second kappa shape index (κ2) is 8.18. The van der Waals surface area contributed by atoms with Gasteiger partial charge >= 0.3 is 0 Å². The van der Waals surface area contributed by atoms with Crippen LogP contribution in [-0.2, 0) is 0 Å². The van der Waals surface area contributed by atoms with Gasteiger partial charge in [0.2, 0.25) is 0 Å². The predicted molar refractivity (Wildman–Crippen MR) is 69.9 cm³/mol. The maximum Gasteiger partial charge on any atom is 0.160 e. The van der Waals surface area contributed by atoms with Crippen molar-refractivity contribution in [2.24, 2.45) is 0 Å². The fraction of sp³-hybridized carbons (Fsp3) is 0.308. The molecule has 1 nitrogen and oxygen atoms in total. The lowest BCUT2D eigenvalue weighted by Crippen LogP contribution is -1.62. The zero-order chi connectivity index (χ0) is 11.7. The molecule has 0 unspecified atom stereocenters. The van der Waals surface area contributed by atoms with Crippen LogP contribution < -0.4 is 0 Å². The Morgan fingerprint density at radius 3 is 2.20 bits per heavy atom. The third-order valence-corrected chi connectivity index (χ3v) is 2.60. The minimum atomic E-state index is 0.797. The van der Waals surface area contributed by atoms with Crippen LogP contribution in [0.15, 0.2) is 30.3 Å². The maximum absolute atomic E-state index is 10.4. The second-order valence-corrected chi connectivity index (χ2v) is 3.42. The fourth-order valence-corrected chi connectivity index (χ4v) is 1.94. The van der Waals surface area contributed by atoms with E-state index in [9.17, 15) is 4.79 Å². The summed E-state index contributed by atoms with van der Waals surface area (Å²) in [7, 11) is 0. The topological polar surface area (TPSA) is 17.1 Å². The van der Waals surface area contributed by atoms with Crippen LogP contribution in [0.5, 0.6) is 0 Å². The summed E-state index contributed by atoms with van der Waals surface area (Å²) in [5.41, 5.74) is 0. The van der Waals surface area contributed by atoms with E-state index >= 15 is 0 Å². The summed E-state index contributed by atoms with van der Waals surface area (Å²) in [5, 5.41) is 1.15. The van der Waals surface area contributed by atoms with Crippen molar-refractivity contribution in [3.8, 4) is 0 Å². The number of hydrogen-bond acceptors (Lipinski definition) is 2. The molecule has 0 bridgehead atoms. The molecule has 0 spiro atoms.